The third-order valence-electron chi connectivity index (χ3n) is 9.46. The minimum Gasteiger partial charge on any atom is -0.228 e. The van der Waals surface area contributed by atoms with E-state index in [4.69, 9.17) is 9.97 Å². The Morgan fingerprint density at radius 2 is 0.957 bits per heavy atom. The Hall–Kier alpha value is -5.90. The first-order chi connectivity index (χ1) is 23.3. The molecule has 47 heavy (non-hydrogen) atoms. The third-order valence-corrected chi connectivity index (χ3v) is 10.7. The molecule has 0 bridgehead atoms. The molecular formula is C44H26N2S. The second kappa shape index (κ2) is 10.3. The summed E-state index contributed by atoms with van der Waals surface area (Å²) in [5.74, 6) is 0.745. The van der Waals surface area contributed by atoms with Crippen molar-refractivity contribution in [2.45, 2.75) is 0 Å². The lowest BCUT2D eigenvalue weighted by Gasteiger charge is -2.16. The number of rotatable bonds is 3. The molecule has 0 N–H and O–H groups in total. The van der Waals surface area contributed by atoms with Crippen LogP contribution in [0.5, 0.6) is 0 Å². The van der Waals surface area contributed by atoms with E-state index in [1.54, 1.807) is 0 Å². The van der Waals surface area contributed by atoms with Gasteiger partial charge >= 0.3 is 0 Å². The molecule has 218 valence electrons. The number of thiophene rings is 1. The molecule has 0 radical (unpaired) electrons. The summed E-state index contributed by atoms with van der Waals surface area (Å²) in [7, 11) is 0. The van der Waals surface area contributed by atoms with Gasteiger partial charge in [0.05, 0.1) is 11.2 Å². The largest absolute Gasteiger partial charge is 0.228 e. The van der Waals surface area contributed by atoms with Crippen molar-refractivity contribution in [3.8, 4) is 33.8 Å². The maximum absolute atomic E-state index is 5.51. The van der Waals surface area contributed by atoms with Gasteiger partial charge in [-0.25, -0.2) is 9.97 Å². The van der Waals surface area contributed by atoms with Crippen molar-refractivity contribution in [1.82, 2.24) is 9.97 Å². The number of para-hydroxylation sites is 1. The van der Waals surface area contributed by atoms with Gasteiger partial charge in [-0.2, -0.15) is 0 Å². The Bertz CT molecular complexity index is 2850. The van der Waals surface area contributed by atoms with Crippen LogP contribution in [0.4, 0.5) is 0 Å². The molecule has 8 aromatic carbocycles. The van der Waals surface area contributed by atoms with Crippen LogP contribution in [0.1, 0.15) is 0 Å². The first-order valence-corrected chi connectivity index (χ1v) is 16.7. The van der Waals surface area contributed by atoms with E-state index in [1.807, 2.05) is 11.3 Å². The van der Waals surface area contributed by atoms with E-state index >= 15 is 0 Å². The fraction of sp³-hybridized carbons (Fsp3) is 0. The van der Waals surface area contributed by atoms with Gasteiger partial charge in [0.15, 0.2) is 5.82 Å². The lowest BCUT2D eigenvalue weighted by Crippen LogP contribution is -1.97. The summed E-state index contributed by atoms with van der Waals surface area (Å²) < 4.78 is 2.55. The van der Waals surface area contributed by atoms with Crippen LogP contribution in [0.3, 0.4) is 0 Å². The quantitative estimate of drug-likeness (QED) is 0.185. The lowest BCUT2D eigenvalue weighted by atomic mass is 9.91. The van der Waals surface area contributed by atoms with E-state index < -0.39 is 0 Å². The van der Waals surface area contributed by atoms with Gasteiger partial charge in [-0.15, -0.1) is 11.3 Å². The number of nitrogens with zero attached hydrogens (tertiary/aromatic N) is 2. The molecular weight excluding hydrogens is 589 g/mol. The van der Waals surface area contributed by atoms with Crippen molar-refractivity contribution in [2.24, 2.45) is 0 Å². The minimum absolute atomic E-state index is 0.745. The number of benzene rings is 8. The molecule has 0 unspecified atom stereocenters. The van der Waals surface area contributed by atoms with Gasteiger partial charge in [-0.1, -0.05) is 140 Å². The Balaban J connectivity index is 1.38. The highest BCUT2D eigenvalue weighted by molar-refractivity contribution is 7.27. The molecule has 0 spiro atoms. The summed E-state index contributed by atoms with van der Waals surface area (Å²) in [5, 5.41) is 11.1. The number of aromatic nitrogens is 2. The maximum atomic E-state index is 5.51. The van der Waals surface area contributed by atoms with Crippen LogP contribution < -0.4 is 0 Å². The SMILES string of the molecule is c1ccc(-c2ccccc2-c2nc(-c3cc4c5ccccc5c5ccccc5c4c4sc5ccccc5c34)nc3ccccc23)cc1. The summed E-state index contributed by atoms with van der Waals surface area (Å²) in [6, 6.07) is 56.4. The molecule has 0 aliphatic carbocycles. The fourth-order valence-corrected chi connectivity index (χ4v) is 8.70. The zero-order valence-corrected chi connectivity index (χ0v) is 26.1. The van der Waals surface area contributed by atoms with Crippen LogP contribution in [0.25, 0.3) is 97.2 Å². The molecule has 3 heteroatoms. The first kappa shape index (κ1) is 26.3. The predicted octanol–water partition coefficient (Wildman–Crippen LogP) is 12.5. The van der Waals surface area contributed by atoms with Gasteiger partial charge in [-0.3, -0.25) is 0 Å². The van der Waals surface area contributed by atoms with Gasteiger partial charge in [-0.05, 0) is 56.3 Å². The third kappa shape index (κ3) is 3.97. The molecule has 0 saturated carbocycles. The molecule has 0 aliphatic heterocycles. The van der Waals surface area contributed by atoms with Crippen molar-refractivity contribution >= 4 is 74.7 Å². The van der Waals surface area contributed by atoms with Crippen LogP contribution in [-0.2, 0) is 0 Å². The van der Waals surface area contributed by atoms with Crippen molar-refractivity contribution in [2.75, 3.05) is 0 Å². The van der Waals surface area contributed by atoms with Crippen LogP contribution >= 0.6 is 11.3 Å². The van der Waals surface area contributed by atoms with Gasteiger partial charge in [0, 0.05) is 42.1 Å². The van der Waals surface area contributed by atoms with Gasteiger partial charge in [0.2, 0.25) is 0 Å². The Kier molecular flexibility index (Phi) is 5.78. The molecule has 10 aromatic rings. The zero-order chi connectivity index (χ0) is 30.9. The Morgan fingerprint density at radius 3 is 1.74 bits per heavy atom. The number of hydrogen-bond donors (Lipinski definition) is 0. The topological polar surface area (TPSA) is 25.8 Å². The van der Waals surface area contributed by atoms with Crippen LogP contribution in [-0.4, -0.2) is 9.97 Å². The van der Waals surface area contributed by atoms with Gasteiger partial charge in [0.1, 0.15) is 0 Å². The first-order valence-electron chi connectivity index (χ1n) is 15.9. The number of fused-ring (bicyclic) bond motifs is 11. The molecule has 2 nitrogen and oxygen atoms in total. The van der Waals surface area contributed by atoms with E-state index in [9.17, 15) is 0 Å². The zero-order valence-electron chi connectivity index (χ0n) is 25.3. The fourth-order valence-electron chi connectivity index (χ4n) is 7.41. The summed E-state index contributed by atoms with van der Waals surface area (Å²) in [4.78, 5) is 10.8. The van der Waals surface area contributed by atoms with Crippen molar-refractivity contribution in [1.29, 1.82) is 0 Å². The number of hydrogen-bond acceptors (Lipinski definition) is 3. The average Bonchev–Trinajstić information content (AvgIpc) is 3.54. The van der Waals surface area contributed by atoms with Crippen LogP contribution in [0.2, 0.25) is 0 Å². The second-order valence-electron chi connectivity index (χ2n) is 12.1. The molecule has 0 saturated heterocycles. The molecule has 10 rings (SSSR count). The van der Waals surface area contributed by atoms with E-state index in [-0.39, 0.29) is 0 Å². The van der Waals surface area contributed by atoms with E-state index in [0.717, 1.165) is 39.1 Å². The van der Waals surface area contributed by atoms with Gasteiger partial charge < -0.3 is 0 Å². The second-order valence-corrected chi connectivity index (χ2v) is 13.1. The Labute approximate surface area is 275 Å². The van der Waals surface area contributed by atoms with Crippen LogP contribution in [0, 0.1) is 0 Å². The highest BCUT2D eigenvalue weighted by Gasteiger charge is 2.22. The normalized spacial score (nSPS) is 11.8. The predicted molar refractivity (Wildman–Crippen MR) is 201 cm³/mol. The summed E-state index contributed by atoms with van der Waals surface area (Å²) in [6.45, 7) is 0. The highest BCUT2D eigenvalue weighted by Crippen LogP contribution is 2.48. The molecule has 2 heterocycles. The maximum Gasteiger partial charge on any atom is 0.161 e. The summed E-state index contributed by atoms with van der Waals surface area (Å²) in [5.41, 5.74) is 6.37. The average molecular weight is 615 g/mol. The van der Waals surface area contributed by atoms with Gasteiger partial charge in [0.25, 0.3) is 0 Å². The van der Waals surface area contributed by atoms with E-state index in [0.29, 0.717) is 0 Å². The lowest BCUT2D eigenvalue weighted by molar-refractivity contribution is 1.24. The van der Waals surface area contributed by atoms with E-state index in [1.165, 1.54) is 58.1 Å². The minimum atomic E-state index is 0.745. The van der Waals surface area contributed by atoms with E-state index in [2.05, 4.69) is 158 Å². The summed E-state index contributed by atoms with van der Waals surface area (Å²) in [6.07, 6.45) is 0. The van der Waals surface area contributed by atoms with Crippen molar-refractivity contribution in [3.63, 3.8) is 0 Å². The van der Waals surface area contributed by atoms with Crippen LogP contribution in [0.15, 0.2) is 158 Å². The Morgan fingerprint density at radius 1 is 0.383 bits per heavy atom. The summed E-state index contributed by atoms with van der Waals surface area (Å²) >= 11 is 1.87. The highest BCUT2D eigenvalue weighted by atomic mass is 32.1. The molecule has 0 atom stereocenters. The van der Waals surface area contributed by atoms with Crippen molar-refractivity contribution in [3.05, 3.63) is 158 Å². The standard InChI is InChI=1S/C44H26N2S/c1-2-14-27(15-3-1)28-16-4-9-21-33(28)42-34-22-10-12-24-38(34)45-44(46-42)37-26-36-31-19-6-5-17-29(31)30-18-7-8-20-32(30)40(36)43-41(37)35-23-11-13-25-39(35)47-43/h1-26H. The smallest absolute Gasteiger partial charge is 0.161 e. The molecule has 0 fully saturated rings. The molecule has 2 aromatic heterocycles. The monoisotopic (exact) mass is 614 g/mol. The molecule has 0 amide bonds. The van der Waals surface area contributed by atoms with Crippen molar-refractivity contribution < 1.29 is 0 Å². The molecule has 0 aliphatic rings.